The van der Waals surface area contributed by atoms with Gasteiger partial charge in [0.1, 0.15) is 5.25 Å². The van der Waals surface area contributed by atoms with Crippen LogP contribution in [0.15, 0.2) is 12.3 Å². The normalized spacial score (nSPS) is 26.0. The number of carbonyl (C=O) groups is 1. The van der Waals surface area contributed by atoms with Crippen molar-refractivity contribution in [3.8, 4) is 0 Å². The van der Waals surface area contributed by atoms with Crippen molar-refractivity contribution < 1.29 is 13.2 Å². The van der Waals surface area contributed by atoms with Crippen LogP contribution in [0.3, 0.4) is 0 Å². The summed E-state index contributed by atoms with van der Waals surface area (Å²) < 4.78 is 25.9. The fourth-order valence-electron chi connectivity index (χ4n) is 3.45. The lowest BCUT2D eigenvalue weighted by Gasteiger charge is -2.20. The molecule has 5 nitrogen and oxygen atoms in total. The number of ketones is 1. The topological polar surface area (TPSA) is 69.0 Å². The minimum atomic E-state index is -3.24. The SMILES string of the molecule is O=C(Cc1ccn(C2CCCC2)n1)C1CCCCS1(=O)=O. The minimum Gasteiger partial charge on any atom is -0.298 e. The van der Waals surface area contributed by atoms with Gasteiger partial charge in [0.05, 0.1) is 23.9 Å². The molecule has 1 aliphatic carbocycles. The Morgan fingerprint density at radius 2 is 1.90 bits per heavy atom. The van der Waals surface area contributed by atoms with E-state index >= 15 is 0 Å². The van der Waals surface area contributed by atoms with Crippen molar-refractivity contribution in [2.75, 3.05) is 5.75 Å². The summed E-state index contributed by atoms with van der Waals surface area (Å²) in [7, 11) is -3.24. The molecular weight excluding hydrogens is 288 g/mol. The van der Waals surface area contributed by atoms with E-state index in [-0.39, 0.29) is 18.0 Å². The fraction of sp³-hybridized carbons (Fsp3) is 0.733. The molecule has 3 rings (SSSR count). The van der Waals surface area contributed by atoms with Gasteiger partial charge in [-0.3, -0.25) is 9.48 Å². The van der Waals surface area contributed by atoms with Crippen LogP contribution in [-0.2, 0) is 21.1 Å². The van der Waals surface area contributed by atoms with Crippen molar-refractivity contribution in [2.24, 2.45) is 0 Å². The third kappa shape index (κ3) is 3.20. The van der Waals surface area contributed by atoms with Gasteiger partial charge in [0.25, 0.3) is 0 Å². The van der Waals surface area contributed by atoms with Gasteiger partial charge in [-0.1, -0.05) is 19.3 Å². The van der Waals surface area contributed by atoms with E-state index in [1.54, 1.807) is 0 Å². The predicted molar refractivity (Wildman–Crippen MR) is 79.9 cm³/mol. The minimum absolute atomic E-state index is 0.142. The van der Waals surface area contributed by atoms with Crippen LogP contribution in [0.2, 0.25) is 0 Å². The lowest BCUT2D eigenvalue weighted by atomic mass is 10.1. The molecule has 1 aliphatic heterocycles. The van der Waals surface area contributed by atoms with Gasteiger partial charge >= 0.3 is 0 Å². The molecule has 2 fully saturated rings. The van der Waals surface area contributed by atoms with Gasteiger partial charge in [-0.25, -0.2) is 8.42 Å². The highest BCUT2D eigenvalue weighted by Crippen LogP contribution is 2.29. The Kier molecular flexibility index (Phi) is 4.15. The van der Waals surface area contributed by atoms with Crippen molar-refractivity contribution in [3.05, 3.63) is 18.0 Å². The first kappa shape index (κ1) is 14.8. The predicted octanol–water partition coefficient (Wildman–Crippen LogP) is 2.08. The molecule has 2 heterocycles. The zero-order chi connectivity index (χ0) is 14.9. The quantitative estimate of drug-likeness (QED) is 0.854. The lowest BCUT2D eigenvalue weighted by molar-refractivity contribution is -0.118. The Balaban J connectivity index is 1.67. The van der Waals surface area contributed by atoms with Gasteiger partial charge in [-0.15, -0.1) is 0 Å². The van der Waals surface area contributed by atoms with Gasteiger partial charge in [0.15, 0.2) is 15.6 Å². The molecule has 1 aromatic heterocycles. The van der Waals surface area contributed by atoms with Crippen LogP contribution >= 0.6 is 0 Å². The zero-order valence-electron chi connectivity index (χ0n) is 12.2. The summed E-state index contributed by atoms with van der Waals surface area (Å²) in [4.78, 5) is 12.3. The lowest BCUT2D eigenvalue weighted by Crippen LogP contribution is -2.36. The number of sulfone groups is 1. The van der Waals surface area contributed by atoms with E-state index in [0.717, 1.165) is 19.3 Å². The van der Waals surface area contributed by atoms with Crippen LogP contribution in [0, 0.1) is 0 Å². The third-order valence-corrected chi connectivity index (χ3v) is 6.88. The van der Waals surface area contributed by atoms with Crippen LogP contribution < -0.4 is 0 Å². The summed E-state index contributed by atoms with van der Waals surface area (Å²) in [6.45, 7) is 0. The Bertz CT molecular complexity index is 615. The maximum absolute atomic E-state index is 12.3. The van der Waals surface area contributed by atoms with Crippen LogP contribution in [0.25, 0.3) is 0 Å². The summed E-state index contributed by atoms with van der Waals surface area (Å²) in [6, 6.07) is 2.30. The van der Waals surface area contributed by atoms with E-state index in [1.807, 2.05) is 16.9 Å². The van der Waals surface area contributed by atoms with E-state index in [1.165, 1.54) is 12.8 Å². The van der Waals surface area contributed by atoms with Gasteiger partial charge < -0.3 is 0 Å². The molecule has 0 bridgehead atoms. The molecule has 116 valence electrons. The molecule has 2 aliphatic rings. The molecule has 0 N–H and O–H groups in total. The van der Waals surface area contributed by atoms with E-state index in [9.17, 15) is 13.2 Å². The molecule has 1 saturated carbocycles. The molecule has 0 radical (unpaired) electrons. The van der Waals surface area contributed by atoms with Crippen LogP contribution in [0.1, 0.15) is 56.7 Å². The van der Waals surface area contributed by atoms with Crippen molar-refractivity contribution in [1.82, 2.24) is 9.78 Å². The van der Waals surface area contributed by atoms with E-state index in [4.69, 9.17) is 0 Å². The zero-order valence-corrected chi connectivity index (χ0v) is 13.0. The van der Waals surface area contributed by atoms with Gasteiger partial charge in [-0.05, 0) is 31.7 Å². The first-order valence-electron chi connectivity index (χ1n) is 7.84. The maximum atomic E-state index is 12.3. The van der Waals surface area contributed by atoms with Gasteiger partial charge in [-0.2, -0.15) is 5.10 Å². The van der Waals surface area contributed by atoms with Crippen molar-refractivity contribution in [3.63, 3.8) is 0 Å². The standard InChI is InChI=1S/C15H22N2O3S/c18-14(15-7-3-4-10-21(15,19)20)11-12-8-9-17(16-12)13-5-1-2-6-13/h8-9,13,15H,1-7,10-11H2. The Labute approximate surface area is 125 Å². The second kappa shape index (κ2) is 5.91. The number of aromatic nitrogens is 2. The van der Waals surface area contributed by atoms with Gasteiger partial charge in [0, 0.05) is 6.20 Å². The van der Waals surface area contributed by atoms with Gasteiger partial charge in [0.2, 0.25) is 0 Å². The molecule has 0 aromatic carbocycles. The highest BCUT2D eigenvalue weighted by Gasteiger charge is 2.34. The molecule has 21 heavy (non-hydrogen) atoms. The highest BCUT2D eigenvalue weighted by molar-refractivity contribution is 7.92. The number of Topliss-reactive ketones (excluding diaryl/α,β-unsaturated/α-hetero) is 1. The number of carbonyl (C=O) groups excluding carboxylic acids is 1. The van der Waals surface area contributed by atoms with Crippen molar-refractivity contribution in [1.29, 1.82) is 0 Å². The summed E-state index contributed by atoms with van der Waals surface area (Å²) in [5.74, 6) is -0.0358. The molecule has 1 unspecified atom stereocenters. The summed E-state index contributed by atoms with van der Waals surface area (Å²) in [5, 5.41) is 3.67. The molecule has 1 saturated heterocycles. The highest BCUT2D eigenvalue weighted by atomic mass is 32.2. The monoisotopic (exact) mass is 310 g/mol. The summed E-state index contributed by atoms with van der Waals surface area (Å²) in [6.07, 6.45) is 8.81. The maximum Gasteiger partial charge on any atom is 0.160 e. The Hall–Kier alpha value is -1.17. The van der Waals surface area contributed by atoms with E-state index in [2.05, 4.69) is 5.10 Å². The average Bonchev–Trinajstić information content (AvgIpc) is 3.08. The van der Waals surface area contributed by atoms with Crippen LogP contribution in [0.5, 0.6) is 0 Å². The number of nitrogens with zero attached hydrogens (tertiary/aromatic N) is 2. The first-order valence-corrected chi connectivity index (χ1v) is 9.56. The third-order valence-electron chi connectivity index (χ3n) is 4.66. The number of hydrogen-bond donors (Lipinski definition) is 0. The van der Waals surface area contributed by atoms with Crippen molar-refractivity contribution in [2.45, 2.75) is 62.7 Å². The second-order valence-electron chi connectivity index (χ2n) is 6.22. The second-order valence-corrected chi connectivity index (χ2v) is 8.52. The van der Waals surface area contributed by atoms with Crippen LogP contribution in [0.4, 0.5) is 0 Å². The largest absolute Gasteiger partial charge is 0.298 e. The molecule has 6 heteroatoms. The van der Waals surface area contributed by atoms with E-state index < -0.39 is 15.1 Å². The van der Waals surface area contributed by atoms with Crippen molar-refractivity contribution >= 4 is 15.6 Å². The fourth-order valence-corrected chi connectivity index (χ4v) is 5.35. The molecule has 1 aromatic rings. The number of hydrogen-bond acceptors (Lipinski definition) is 4. The smallest absolute Gasteiger partial charge is 0.160 e. The molecule has 0 amide bonds. The summed E-state index contributed by atoms with van der Waals surface area (Å²) in [5.41, 5.74) is 0.702. The van der Waals surface area contributed by atoms with E-state index in [0.29, 0.717) is 24.6 Å². The molecule has 0 spiro atoms. The number of rotatable bonds is 4. The molecular formula is C15H22N2O3S. The molecule has 1 atom stereocenters. The average molecular weight is 310 g/mol. The van der Waals surface area contributed by atoms with Crippen LogP contribution in [-0.4, -0.2) is 35.0 Å². The first-order chi connectivity index (χ1) is 10.1. The summed E-state index contributed by atoms with van der Waals surface area (Å²) >= 11 is 0. The Morgan fingerprint density at radius 3 is 2.62 bits per heavy atom. The Morgan fingerprint density at radius 1 is 1.19 bits per heavy atom.